The van der Waals surface area contributed by atoms with E-state index in [1.165, 1.54) is 31.3 Å². The number of aryl methyl sites for hydroxylation is 4. The molecule has 0 spiro atoms. The van der Waals surface area contributed by atoms with Gasteiger partial charge in [-0.1, -0.05) is 59.7 Å². The molecule has 1 aliphatic heterocycles. The zero-order valence-electron chi connectivity index (χ0n) is 26.8. The van der Waals surface area contributed by atoms with E-state index in [-0.39, 0.29) is 9.79 Å². The third-order valence-corrected chi connectivity index (χ3v) is 9.44. The van der Waals surface area contributed by atoms with Gasteiger partial charge in [0.1, 0.15) is 11.5 Å². The topological polar surface area (TPSA) is 170 Å². The largest absolute Gasteiger partial charge is 0.433 e. The van der Waals surface area contributed by atoms with Gasteiger partial charge in [0.15, 0.2) is 0 Å². The van der Waals surface area contributed by atoms with Crippen molar-refractivity contribution in [3.05, 3.63) is 108 Å². The molecule has 262 valence electrons. The van der Waals surface area contributed by atoms with Crippen molar-refractivity contribution in [2.45, 2.75) is 49.2 Å². The monoisotopic (exact) mass is 719 g/mol. The maximum atomic E-state index is 12.9. The first-order valence-electron chi connectivity index (χ1n) is 14.9. The molecule has 3 heterocycles. The number of benzene rings is 3. The third-order valence-electron chi connectivity index (χ3n) is 7.71. The number of imidazole rings is 1. The number of aromatic nitrogens is 4. The molecule has 0 saturated carbocycles. The maximum Gasteiger partial charge on any atom is 0.433 e. The van der Waals surface area contributed by atoms with E-state index in [0.29, 0.717) is 23.7 Å². The Kier molecular flexibility index (Phi) is 11.5. The van der Waals surface area contributed by atoms with E-state index in [9.17, 15) is 30.0 Å². The number of rotatable bonds is 5. The summed E-state index contributed by atoms with van der Waals surface area (Å²) in [6, 6.07) is 20.3. The number of hydrogen-bond acceptors (Lipinski definition) is 7. The Morgan fingerprint density at radius 3 is 1.69 bits per heavy atom. The molecule has 5 aromatic rings. The Labute approximate surface area is 282 Å². The Morgan fingerprint density at radius 1 is 0.816 bits per heavy atom. The summed E-state index contributed by atoms with van der Waals surface area (Å²) in [5, 5.41) is 3.99. The highest BCUT2D eigenvalue weighted by Gasteiger charge is 2.35. The summed E-state index contributed by atoms with van der Waals surface area (Å²) in [4.78, 5) is 4.56. The van der Waals surface area contributed by atoms with Gasteiger partial charge in [-0.15, -0.1) is 0 Å². The molecule has 0 aliphatic carbocycles. The molecule has 0 saturated heterocycles. The average molecular weight is 720 g/mol. The second-order valence-electron chi connectivity index (χ2n) is 11.5. The Hall–Kier alpha value is -4.35. The number of alkyl halides is 3. The van der Waals surface area contributed by atoms with Crippen LogP contribution in [0.5, 0.6) is 0 Å². The van der Waals surface area contributed by atoms with Crippen molar-refractivity contribution in [2.75, 3.05) is 6.54 Å². The van der Waals surface area contributed by atoms with E-state index >= 15 is 0 Å². The molecule has 2 aromatic heterocycles. The predicted octanol–water partition coefficient (Wildman–Crippen LogP) is 5.97. The summed E-state index contributed by atoms with van der Waals surface area (Å²) < 4.78 is 101. The van der Waals surface area contributed by atoms with Crippen LogP contribution in [0.3, 0.4) is 0 Å². The highest BCUT2D eigenvalue weighted by Crippen LogP contribution is 2.32. The Balaban J connectivity index is 0.000000202. The molecule has 3 aromatic carbocycles. The van der Waals surface area contributed by atoms with Crippen molar-refractivity contribution >= 4 is 20.2 Å². The summed E-state index contributed by atoms with van der Waals surface area (Å²) in [7, 11) is -6.74. The van der Waals surface area contributed by atoms with E-state index in [0.717, 1.165) is 58.3 Å². The second kappa shape index (κ2) is 15.0. The van der Waals surface area contributed by atoms with E-state index in [1.54, 1.807) is 36.4 Å². The second-order valence-corrected chi connectivity index (χ2v) is 14.4. The average Bonchev–Trinajstić information content (AvgIpc) is 3.65. The van der Waals surface area contributed by atoms with E-state index in [2.05, 4.69) is 9.67 Å². The molecule has 1 atom stereocenters. The van der Waals surface area contributed by atoms with Crippen LogP contribution in [-0.4, -0.2) is 51.8 Å². The molecular formula is C33H36F3N5O6S2. The van der Waals surface area contributed by atoms with E-state index in [1.807, 2.05) is 32.2 Å². The van der Waals surface area contributed by atoms with Crippen molar-refractivity contribution < 1.29 is 39.1 Å². The van der Waals surface area contributed by atoms with Crippen LogP contribution in [0.2, 0.25) is 0 Å². The number of nitrogens with zero attached hydrogens (tertiary/aromatic N) is 4. The fraction of sp³-hybridized carbons (Fsp3) is 0.273. The van der Waals surface area contributed by atoms with Gasteiger partial charge in [0.25, 0.3) is 20.2 Å². The number of halogens is 3. The maximum absolute atomic E-state index is 12.9. The zero-order valence-corrected chi connectivity index (χ0v) is 28.5. The van der Waals surface area contributed by atoms with Crippen LogP contribution in [0.1, 0.15) is 29.1 Å². The van der Waals surface area contributed by atoms with Gasteiger partial charge in [0.2, 0.25) is 0 Å². The summed E-state index contributed by atoms with van der Waals surface area (Å²) in [6.07, 6.45) is -0.438. The molecule has 1 aliphatic rings. The molecule has 0 amide bonds. The molecule has 16 heteroatoms. The van der Waals surface area contributed by atoms with Gasteiger partial charge in [-0.05, 0) is 63.1 Å². The van der Waals surface area contributed by atoms with Crippen LogP contribution in [0.4, 0.5) is 13.2 Å². The van der Waals surface area contributed by atoms with Crippen LogP contribution < -0.4 is 5.73 Å². The van der Waals surface area contributed by atoms with Crippen LogP contribution in [-0.2, 0) is 46.4 Å². The Bertz CT molecular complexity index is 2020. The molecule has 0 fully saturated rings. The minimum atomic E-state index is -4.42. The van der Waals surface area contributed by atoms with E-state index in [4.69, 9.17) is 19.8 Å². The van der Waals surface area contributed by atoms with Crippen LogP contribution in [0, 0.1) is 19.8 Å². The first-order chi connectivity index (χ1) is 22.8. The van der Waals surface area contributed by atoms with Gasteiger partial charge in [-0.2, -0.15) is 35.1 Å². The standard InChI is InChI=1S/C19H20F3N5.2C7H8O3S/c1-26-17(19(20,21)22)8-15(25-26)13-3-5-14(6-4-13)16-11-27-10-12(9-23)2-7-18(27)24-16;2*1-6-2-4-7(5-3-6)11(8,9)10/h3-6,8,11-12H,2,7,9-10,23H2,1H3;2*2-5H,1H3,(H,8,9,10). The molecule has 0 radical (unpaired) electrons. The molecule has 6 rings (SSSR count). The fourth-order valence-electron chi connectivity index (χ4n) is 4.95. The van der Waals surface area contributed by atoms with Crippen molar-refractivity contribution in [1.29, 1.82) is 0 Å². The van der Waals surface area contributed by atoms with Crippen LogP contribution in [0.25, 0.3) is 22.5 Å². The van der Waals surface area contributed by atoms with Gasteiger partial charge in [0.05, 0.1) is 21.2 Å². The lowest BCUT2D eigenvalue weighted by molar-refractivity contribution is -0.143. The number of nitrogens with two attached hydrogens (primary N) is 1. The minimum absolute atomic E-state index is 0.0666. The summed E-state index contributed by atoms with van der Waals surface area (Å²) in [5.74, 6) is 1.53. The van der Waals surface area contributed by atoms with Crippen molar-refractivity contribution in [3.8, 4) is 22.5 Å². The van der Waals surface area contributed by atoms with E-state index < -0.39 is 32.1 Å². The lowest BCUT2D eigenvalue weighted by atomic mass is 10.00. The van der Waals surface area contributed by atoms with Crippen molar-refractivity contribution in [3.63, 3.8) is 0 Å². The summed E-state index contributed by atoms with van der Waals surface area (Å²) in [6.45, 7) is 5.23. The predicted molar refractivity (Wildman–Crippen MR) is 178 cm³/mol. The number of fused-ring (bicyclic) bond motifs is 1. The number of hydrogen-bond donors (Lipinski definition) is 3. The smallest absolute Gasteiger partial charge is 0.334 e. The summed E-state index contributed by atoms with van der Waals surface area (Å²) in [5.41, 5.74) is 9.65. The van der Waals surface area contributed by atoms with Gasteiger partial charge in [-0.3, -0.25) is 13.8 Å². The first kappa shape index (κ1) is 37.5. The van der Waals surface area contributed by atoms with Crippen molar-refractivity contribution in [1.82, 2.24) is 19.3 Å². The minimum Gasteiger partial charge on any atom is -0.334 e. The quantitative estimate of drug-likeness (QED) is 0.185. The fourth-order valence-corrected chi connectivity index (χ4v) is 5.91. The highest BCUT2D eigenvalue weighted by molar-refractivity contribution is 7.86. The SMILES string of the molecule is Cc1ccc(S(=O)(=O)O)cc1.Cc1ccc(S(=O)(=O)O)cc1.Cn1nc(-c2ccc(-c3cn4c(n3)CCC(CN)C4)cc2)cc1C(F)(F)F. The molecule has 1 unspecified atom stereocenters. The van der Waals surface area contributed by atoms with Gasteiger partial charge in [0, 0.05) is 37.3 Å². The van der Waals surface area contributed by atoms with Crippen LogP contribution >= 0.6 is 0 Å². The first-order valence-corrected chi connectivity index (χ1v) is 17.8. The Morgan fingerprint density at radius 2 is 1.29 bits per heavy atom. The lowest BCUT2D eigenvalue weighted by Crippen LogP contribution is -2.25. The molecule has 49 heavy (non-hydrogen) atoms. The highest BCUT2D eigenvalue weighted by atomic mass is 32.2. The molecule has 0 bridgehead atoms. The molecule has 4 N–H and O–H groups in total. The summed E-state index contributed by atoms with van der Waals surface area (Å²) >= 11 is 0. The molecular weight excluding hydrogens is 684 g/mol. The van der Waals surface area contributed by atoms with Crippen molar-refractivity contribution in [2.24, 2.45) is 18.7 Å². The zero-order chi connectivity index (χ0) is 36.1. The van der Waals surface area contributed by atoms with Gasteiger partial charge < -0.3 is 10.3 Å². The van der Waals surface area contributed by atoms with Gasteiger partial charge in [-0.25, -0.2) is 4.98 Å². The van der Waals surface area contributed by atoms with Crippen LogP contribution in [0.15, 0.2) is 94.9 Å². The van der Waals surface area contributed by atoms with Gasteiger partial charge >= 0.3 is 6.18 Å². The molecule has 11 nitrogen and oxygen atoms in total. The third kappa shape index (κ3) is 10.1. The normalized spacial score (nSPS) is 14.6. The lowest BCUT2D eigenvalue weighted by Gasteiger charge is -2.21.